The molecule has 1 aliphatic rings. The van der Waals surface area contributed by atoms with Crippen LogP contribution in [0.2, 0.25) is 5.02 Å². The molecule has 1 fully saturated rings. The summed E-state index contributed by atoms with van der Waals surface area (Å²) < 4.78 is 11.7. The fourth-order valence-corrected chi connectivity index (χ4v) is 4.71. The molecular formula is C27H24ClN3O2S. The zero-order chi connectivity index (χ0) is 23.7. The Morgan fingerprint density at radius 3 is 2.62 bits per heavy atom. The van der Waals surface area contributed by atoms with E-state index in [1.165, 1.54) is 0 Å². The molecule has 2 aromatic carbocycles. The van der Waals surface area contributed by atoms with Crippen LogP contribution in [0, 0.1) is 6.92 Å². The van der Waals surface area contributed by atoms with Crippen molar-refractivity contribution in [2.45, 2.75) is 25.6 Å². The van der Waals surface area contributed by atoms with Crippen LogP contribution in [0.1, 0.15) is 34.7 Å². The number of nitrogens with one attached hydrogen (secondary N) is 1. The number of ether oxygens (including phenoxy) is 1. The van der Waals surface area contributed by atoms with Gasteiger partial charge in [-0.3, -0.25) is 4.98 Å². The zero-order valence-corrected chi connectivity index (χ0v) is 20.4. The van der Waals surface area contributed by atoms with E-state index < -0.39 is 0 Å². The monoisotopic (exact) mass is 489 g/mol. The predicted octanol–water partition coefficient (Wildman–Crippen LogP) is 6.48. The lowest BCUT2D eigenvalue weighted by Crippen LogP contribution is -2.29. The van der Waals surface area contributed by atoms with Gasteiger partial charge >= 0.3 is 0 Å². The Bertz CT molecular complexity index is 1310. The summed E-state index contributed by atoms with van der Waals surface area (Å²) in [4.78, 5) is 6.75. The first-order valence-corrected chi connectivity index (χ1v) is 11.8. The zero-order valence-electron chi connectivity index (χ0n) is 18.9. The number of methoxy groups -OCH3 is 1. The lowest BCUT2D eigenvalue weighted by Gasteiger charge is -2.26. The van der Waals surface area contributed by atoms with E-state index in [0.29, 0.717) is 16.7 Å². The lowest BCUT2D eigenvalue weighted by atomic mass is 10.0. The summed E-state index contributed by atoms with van der Waals surface area (Å²) in [5.41, 5.74) is 3.99. The summed E-state index contributed by atoms with van der Waals surface area (Å²) >= 11 is 12.1. The number of furan rings is 1. The molecule has 7 heteroatoms. The molecule has 34 heavy (non-hydrogen) atoms. The number of thiocarbonyl (C=S) groups is 1. The van der Waals surface area contributed by atoms with Gasteiger partial charge in [0.2, 0.25) is 0 Å². The summed E-state index contributed by atoms with van der Waals surface area (Å²) in [5.74, 6) is 2.39. The minimum Gasteiger partial charge on any atom is -0.497 e. The second-order valence-electron chi connectivity index (χ2n) is 8.27. The van der Waals surface area contributed by atoms with E-state index in [1.807, 2.05) is 67.6 Å². The molecule has 172 valence electrons. The van der Waals surface area contributed by atoms with Crippen molar-refractivity contribution >= 4 is 28.9 Å². The number of pyridine rings is 1. The van der Waals surface area contributed by atoms with E-state index in [-0.39, 0.29) is 12.1 Å². The third kappa shape index (κ3) is 4.39. The largest absolute Gasteiger partial charge is 0.497 e. The van der Waals surface area contributed by atoms with Crippen LogP contribution in [0.25, 0.3) is 11.3 Å². The third-order valence-corrected chi connectivity index (χ3v) is 6.84. The number of hydrogen-bond acceptors (Lipinski definition) is 4. The smallest absolute Gasteiger partial charge is 0.170 e. The molecule has 3 heterocycles. The van der Waals surface area contributed by atoms with Crippen molar-refractivity contribution in [2.24, 2.45) is 0 Å². The van der Waals surface area contributed by atoms with E-state index in [9.17, 15) is 0 Å². The Labute approximate surface area is 209 Å². The minimum absolute atomic E-state index is 0.146. The van der Waals surface area contributed by atoms with Gasteiger partial charge in [-0.25, -0.2) is 0 Å². The van der Waals surface area contributed by atoms with Crippen molar-refractivity contribution in [1.82, 2.24) is 15.2 Å². The van der Waals surface area contributed by atoms with Crippen molar-refractivity contribution in [2.75, 3.05) is 7.11 Å². The molecule has 0 bridgehead atoms. The van der Waals surface area contributed by atoms with Crippen LogP contribution < -0.4 is 10.1 Å². The Morgan fingerprint density at radius 2 is 1.91 bits per heavy atom. The van der Waals surface area contributed by atoms with Gasteiger partial charge in [0, 0.05) is 23.3 Å². The van der Waals surface area contributed by atoms with Gasteiger partial charge < -0.3 is 19.4 Å². The van der Waals surface area contributed by atoms with Gasteiger partial charge in [0.15, 0.2) is 5.11 Å². The molecule has 2 aromatic heterocycles. The van der Waals surface area contributed by atoms with Crippen LogP contribution in [0.15, 0.2) is 83.4 Å². The normalized spacial score (nSPS) is 17.6. The van der Waals surface area contributed by atoms with Crippen LogP contribution in [0.4, 0.5) is 0 Å². The van der Waals surface area contributed by atoms with E-state index in [4.69, 9.17) is 33.0 Å². The van der Waals surface area contributed by atoms with Crippen LogP contribution in [-0.4, -0.2) is 22.1 Å². The molecule has 2 atom stereocenters. The van der Waals surface area contributed by atoms with Gasteiger partial charge in [0.05, 0.1) is 18.8 Å². The molecule has 4 aromatic rings. The van der Waals surface area contributed by atoms with Crippen molar-refractivity contribution in [3.8, 4) is 17.1 Å². The van der Waals surface area contributed by atoms with Gasteiger partial charge in [-0.2, -0.15) is 0 Å². The van der Waals surface area contributed by atoms with Crippen LogP contribution in [-0.2, 0) is 6.54 Å². The van der Waals surface area contributed by atoms with Crippen LogP contribution >= 0.6 is 23.8 Å². The van der Waals surface area contributed by atoms with Gasteiger partial charge in [-0.05, 0) is 72.7 Å². The maximum absolute atomic E-state index is 6.41. The Balaban J connectivity index is 1.52. The maximum atomic E-state index is 6.41. The molecule has 1 aliphatic heterocycles. The van der Waals surface area contributed by atoms with Gasteiger partial charge in [0.25, 0.3) is 0 Å². The standard InChI is InChI=1S/C27H24ClN3O2S/c1-17-6-9-19(15-21(17)28)23-12-13-24(33-23)26-25(22-5-3-4-14-29-22)30-27(34)31(26)16-18-7-10-20(32-2)11-8-18/h3-15,25-26H,16H2,1-2H3,(H,30,34). The number of rotatable bonds is 6. The highest BCUT2D eigenvalue weighted by Gasteiger charge is 2.41. The summed E-state index contributed by atoms with van der Waals surface area (Å²) in [6, 6.07) is 23.6. The van der Waals surface area contributed by atoms with E-state index in [0.717, 1.165) is 39.7 Å². The fraction of sp³-hybridized carbons (Fsp3) is 0.185. The topological polar surface area (TPSA) is 50.5 Å². The van der Waals surface area contributed by atoms with E-state index in [1.54, 1.807) is 13.3 Å². The molecule has 0 aliphatic carbocycles. The average molecular weight is 490 g/mol. The fourth-order valence-electron chi connectivity index (χ4n) is 4.23. The van der Waals surface area contributed by atoms with Crippen molar-refractivity contribution in [1.29, 1.82) is 0 Å². The SMILES string of the molecule is COc1ccc(CN2C(=S)NC(c3ccccn3)C2c2ccc(-c3ccc(C)c(Cl)c3)o2)cc1. The first-order valence-electron chi connectivity index (χ1n) is 11.0. The molecule has 0 radical (unpaired) electrons. The van der Waals surface area contributed by atoms with Crippen molar-refractivity contribution in [3.05, 3.63) is 107 Å². The molecule has 0 saturated carbocycles. The number of aromatic nitrogens is 1. The quantitative estimate of drug-likeness (QED) is 0.312. The number of aryl methyl sites for hydroxylation is 1. The first kappa shape index (κ1) is 22.4. The van der Waals surface area contributed by atoms with Crippen LogP contribution in [0.5, 0.6) is 5.75 Å². The molecule has 5 rings (SSSR count). The summed E-state index contributed by atoms with van der Waals surface area (Å²) in [5, 5.41) is 4.84. The molecule has 5 nitrogen and oxygen atoms in total. The van der Waals surface area contributed by atoms with E-state index >= 15 is 0 Å². The Hall–Kier alpha value is -3.35. The van der Waals surface area contributed by atoms with Gasteiger partial charge in [-0.1, -0.05) is 41.9 Å². The second kappa shape index (κ2) is 9.49. The molecule has 0 spiro atoms. The number of hydrogen-bond donors (Lipinski definition) is 1. The molecule has 1 saturated heterocycles. The molecule has 1 N–H and O–H groups in total. The Morgan fingerprint density at radius 1 is 1.09 bits per heavy atom. The number of benzene rings is 2. The lowest BCUT2D eigenvalue weighted by molar-refractivity contribution is 0.269. The highest BCUT2D eigenvalue weighted by atomic mass is 35.5. The minimum atomic E-state index is -0.167. The van der Waals surface area contributed by atoms with Crippen molar-refractivity contribution in [3.63, 3.8) is 0 Å². The summed E-state index contributed by atoms with van der Waals surface area (Å²) in [6.07, 6.45) is 1.80. The van der Waals surface area contributed by atoms with Gasteiger partial charge in [-0.15, -0.1) is 0 Å². The average Bonchev–Trinajstić information content (AvgIpc) is 3.47. The number of halogens is 1. The second-order valence-corrected chi connectivity index (χ2v) is 9.06. The Kier molecular flexibility index (Phi) is 6.26. The first-order chi connectivity index (χ1) is 16.5. The third-order valence-electron chi connectivity index (χ3n) is 6.08. The molecule has 2 unspecified atom stereocenters. The predicted molar refractivity (Wildman–Crippen MR) is 138 cm³/mol. The highest BCUT2D eigenvalue weighted by molar-refractivity contribution is 7.80. The number of nitrogens with zero attached hydrogens (tertiary/aromatic N) is 2. The highest BCUT2D eigenvalue weighted by Crippen LogP contribution is 2.41. The van der Waals surface area contributed by atoms with E-state index in [2.05, 4.69) is 27.3 Å². The van der Waals surface area contributed by atoms with Gasteiger partial charge in [0.1, 0.15) is 23.3 Å². The summed E-state index contributed by atoms with van der Waals surface area (Å²) in [6.45, 7) is 2.61. The summed E-state index contributed by atoms with van der Waals surface area (Å²) in [7, 11) is 1.66. The van der Waals surface area contributed by atoms with Crippen LogP contribution in [0.3, 0.4) is 0 Å². The molecule has 0 amide bonds. The maximum Gasteiger partial charge on any atom is 0.170 e. The van der Waals surface area contributed by atoms with Crippen molar-refractivity contribution < 1.29 is 9.15 Å². The molecular weight excluding hydrogens is 466 g/mol.